The monoisotopic (exact) mass is 263 g/mol. The van der Waals surface area contributed by atoms with Gasteiger partial charge in [-0.3, -0.25) is 4.21 Å². The Labute approximate surface area is 102 Å². The number of thioether (sulfide) groups is 1. The summed E-state index contributed by atoms with van der Waals surface area (Å²) in [5, 5.41) is 0.495. The van der Waals surface area contributed by atoms with Crippen molar-refractivity contribution in [3.63, 3.8) is 0 Å². The van der Waals surface area contributed by atoms with Crippen molar-refractivity contribution in [1.29, 1.82) is 0 Å². The van der Waals surface area contributed by atoms with Crippen LogP contribution in [0.4, 0.5) is 5.69 Å². The van der Waals surface area contributed by atoms with Crippen LogP contribution in [0.15, 0.2) is 23.1 Å². The summed E-state index contributed by atoms with van der Waals surface area (Å²) in [6.07, 6.45) is 0. The highest BCUT2D eigenvalue weighted by Gasteiger charge is 2.11. The molecule has 0 spiro atoms. The summed E-state index contributed by atoms with van der Waals surface area (Å²) in [7, 11) is -1.09. The Bertz CT molecular complexity index is 337. The van der Waals surface area contributed by atoms with E-state index in [0.29, 0.717) is 21.4 Å². The zero-order chi connectivity index (χ0) is 11.3. The van der Waals surface area contributed by atoms with Crippen LogP contribution in [0.1, 0.15) is 6.92 Å². The molecule has 0 aliphatic rings. The van der Waals surface area contributed by atoms with E-state index in [-0.39, 0.29) is 0 Å². The quantitative estimate of drug-likeness (QED) is 0.656. The van der Waals surface area contributed by atoms with E-state index in [4.69, 9.17) is 17.3 Å². The lowest BCUT2D eigenvalue weighted by atomic mass is 10.3. The summed E-state index contributed by atoms with van der Waals surface area (Å²) < 4.78 is 11.9. The van der Waals surface area contributed by atoms with Crippen molar-refractivity contribution in [3.05, 3.63) is 23.2 Å². The number of halogens is 1. The number of hydrogen-bond donors (Lipinski definition) is 1. The lowest BCUT2D eigenvalue weighted by molar-refractivity contribution is 0.684. The molecule has 0 fully saturated rings. The molecule has 2 nitrogen and oxygen atoms in total. The van der Waals surface area contributed by atoms with E-state index in [1.165, 1.54) is 0 Å². The molecule has 0 saturated carbocycles. The molecule has 1 rings (SSSR count). The van der Waals surface area contributed by atoms with Gasteiger partial charge in [0.05, 0.1) is 20.7 Å². The van der Waals surface area contributed by atoms with Gasteiger partial charge in [0.2, 0.25) is 0 Å². The van der Waals surface area contributed by atoms with Crippen LogP contribution in [0.2, 0.25) is 5.02 Å². The standard InChI is InChI=1S/C10H14ClNOS2/c1-2-14-6-7-15(13)10-8(11)4-3-5-9(10)12/h3-5H,2,6-7,12H2,1H3. The van der Waals surface area contributed by atoms with Crippen molar-refractivity contribution < 1.29 is 4.21 Å². The first-order chi connectivity index (χ1) is 7.16. The third-order valence-corrected chi connectivity index (χ3v) is 4.91. The molecule has 84 valence electrons. The predicted molar refractivity (Wildman–Crippen MR) is 70.1 cm³/mol. The molecule has 1 atom stereocenters. The highest BCUT2D eigenvalue weighted by molar-refractivity contribution is 8.00. The minimum atomic E-state index is -1.09. The van der Waals surface area contributed by atoms with E-state index in [1.807, 2.05) is 0 Å². The number of rotatable bonds is 5. The Balaban J connectivity index is 2.73. The highest BCUT2D eigenvalue weighted by Crippen LogP contribution is 2.26. The van der Waals surface area contributed by atoms with Crippen molar-refractivity contribution in [2.45, 2.75) is 11.8 Å². The van der Waals surface area contributed by atoms with Crippen LogP contribution in [0.3, 0.4) is 0 Å². The molecule has 5 heteroatoms. The Morgan fingerprint density at radius 1 is 1.53 bits per heavy atom. The highest BCUT2D eigenvalue weighted by atomic mass is 35.5. The van der Waals surface area contributed by atoms with Gasteiger partial charge in [0.15, 0.2) is 0 Å². The van der Waals surface area contributed by atoms with E-state index >= 15 is 0 Å². The van der Waals surface area contributed by atoms with Crippen molar-refractivity contribution in [3.8, 4) is 0 Å². The predicted octanol–water partition coefficient (Wildman–Crippen LogP) is 2.78. The fourth-order valence-electron chi connectivity index (χ4n) is 1.15. The summed E-state index contributed by atoms with van der Waals surface area (Å²) in [6, 6.07) is 5.21. The van der Waals surface area contributed by atoms with Gasteiger partial charge in [-0.25, -0.2) is 0 Å². The Morgan fingerprint density at radius 3 is 2.87 bits per heavy atom. The number of benzene rings is 1. The molecule has 0 radical (unpaired) electrons. The van der Waals surface area contributed by atoms with Gasteiger partial charge in [-0.2, -0.15) is 11.8 Å². The van der Waals surface area contributed by atoms with Crippen molar-refractivity contribution in [1.82, 2.24) is 0 Å². The Morgan fingerprint density at radius 2 is 2.27 bits per heavy atom. The van der Waals surface area contributed by atoms with Gasteiger partial charge in [0.1, 0.15) is 0 Å². The molecule has 15 heavy (non-hydrogen) atoms. The molecule has 0 aliphatic carbocycles. The lowest BCUT2D eigenvalue weighted by Crippen LogP contribution is -2.04. The average molecular weight is 264 g/mol. The van der Waals surface area contributed by atoms with Crippen LogP contribution >= 0.6 is 23.4 Å². The summed E-state index contributed by atoms with van der Waals surface area (Å²) in [5.74, 6) is 2.51. The Kier molecular flexibility index (Phi) is 5.50. The second-order valence-corrected chi connectivity index (χ2v) is 6.21. The maximum atomic E-state index is 11.9. The SMILES string of the molecule is CCSCCS(=O)c1c(N)cccc1Cl. The smallest absolute Gasteiger partial charge is 0.0803 e. The largest absolute Gasteiger partial charge is 0.398 e. The van der Waals surface area contributed by atoms with Crippen LogP contribution in [-0.2, 0) is 10.8 Å². The van der Waals surface area contributed by atoms with E-state index in [2.05, 4.69) is 6.92 Å². The van der Waals surface area contributed by atoms with E-state index in [0.717, 1.165) is 11.5 Å². The number of nitrogen functional groups attached to an aromatic ring is 1. The zero-order valence-corrected chi connectivity index (χ0v) is 10.9. The molecule has 0 heterocycles. The summed E-state index contributed by atoms with van der Waals surface area (Å²) in [4.78, 5) is 0.580. The minimum absolute atomic E-state index is 0.495. The normalized spacial score (nSPS) is 12.7. The first kappa shape index (κ1) is 12.9. The van der Waals surface area contributed by atoms with Gasteiger partial charge in [0, 0.05) is 17.2 Å². The van der Waals surface area contributed by atoms with Gasteiger partial charge >= 0.3 is 0 Å². The molecule has 1 aromatic rings. The number of anilines is 1. The fourth-order valence-corrected chi connectivity index (χ4v) is 3.77. The first-order valence-electron chi connectivity index (χ1n) is 4.67. The molecular weight excluding hydrogens is 250 g/mol. The van der Waals surface area contributed by atoms with Crippen LogP contribution < -0.4 is 5.73 Å². The number of hydrogen-bond acceptors (Lipinski definition) is 3. The van der Waals surface area contributed by atoms with Gasteiger partial charge in [-0.1, -0.05) is 24.6 Å². The molecular formula is C10H14ClNOS2. The topological polar surface area (TPSA) is 43.1 Å². The van der Waals surface area contributed by atoms with Crippen LogP contribution in [0.5, 0.6) is 0 Å². The van der Waals surface area contributed by atoms with Crippen LogP contribution in [-0.4, -0.2) is 21.5 Å². The van der Waals surface area contributed by atoms with Crippen molar-refractivity contribution >= 4 is 39.8 Å². The van der Waals surface area contributed by atoms with Gasteiger partial charge in [-0.05, 0) is 17.9 Å². The third kappa shape index (κ3) is 3.70. The summed E-state index contributed by atoms with van der Waals surface area (Å²) >= 11 is 7.72. The first-order valence-corrected chi connectivity index (χ1v) is 7.52. The molecule has 1 unspecified atom stereocenters. The molecule has 0 aliphatic heterocycles. The summed E-state index contributed by atoms with van der Waals surface area (Å²) in [6.45, 7) is 2.08. The minimum Gasteiger partial charge on any atom is -0.398 e. The zero-order valence-electron chi connectivity index (χ0n) is 8.53. The average Bonchev–Trinajstić information content (AvgIpc) is 2.18. The molecule has 0 bridgehead atoms. The van der Waals surface area contributed by atoms with Gasteiger partial charge < -0.3 is 5.73 Å². The second kappa shape index (κ2) is 6.40. The van der Waals surface area contributed by atoms with Crippen molar-refractivity contribution in [2.75, 3.05) is 23.0 Å². The van der Waals surface area contributed by atoms with Crippen LogP contribution in [0.25, 0.3) is 0 Å². The number of nitrogens with two attached hydrogens (primary N) is 1. The lowest BCUT2D eigenvalue weighted by Gasteiger charge is -2.07. The van der Waals surface area contributed by atoms with Gasteiger partial charge in [0.25, 0.3) is 0 Å². The Hall–Kier alpha value is -0.190. The van der Waals surface area contributed by atoms with E-state index in [1.54, 1.807) is 30.0 Å². The van der Waals surface area contributed by atoms with Crippen LogP contribution in [0, 0.1) is 0 Å². The maximum Gasteiger partial charge on any atom is 0.0803 e. The summed E-state index contributed by atoms with van der Waals surface area (Å²) in [5.41, 5.74) is 6.26. The molecule has 0 amide bonds. The molecule has 0 saturated heterocycles. The molecule has 1 aromatic carbocycles. The van der Waals surface area contributed by atoms with Gasteiger partial charge in [-0.15, -0.1) is 0 Å². The molecule has 2 N–H and O–H groups in total. The maximum absolute atomic E-state index is 11.9. The molecule has 0 aromatic heterocycles. The van der Waals surface area contributed by atoms with Crippen molar-refractivity contribution in [2.24, 2.45) is 0 Å². The second-order valence-electron chi connectivity index (χ2n) is 2.90. The van der Waals surface area contributed by atoms with E-state index in [9.17, 15) is 4.21 Å². The third-order valence-electron chi connectivity index (χ3n) is 1.84. The fraction of sp³-hybridized carbons (Fsp3) is 0.400. The van der Waals surface area contributed by atoms with E-state index < -0.39 is 10.8 Å².